The Hall–Kier alpha value is -1.64. The van der Waals surface area contributed by atoms with Crippen LogP contribution in [-0.2, 0) is 6.42 Å². The van der Waals surface area contributed by atoms with E-state index in [-0.39, 0.29) is 6.04 Å². The lowest BCUT2D eigenvalue weighted by Gasteiger charge is -2.15. The van der Waals surface area contributed by atoms with Crippen molar-refractivity contribution in [2.24, 2.45) is 5.73 Å². The van der Waals surface area contributed by atoms with Gasteiger partial charge in [-0.3, -0.25) is 0 Å². The van der Waals surface area contributed by atoms with Crippen LogP contribution in [0.5, 0.6) is 0 Å². The van der Waals surface area contributed by atoms with Gasteiger partial charge < -0.3 is 5.73 Å². The molecule has 0 heterocycles. The van der Waals surface area contributed by atoms with E-state index in [2.05, 4.69) is 76.6 Å². The highest BCUT2D eigenvalue weighted by Crippen LogP contribution is 2.30. The van der Waals surface area contributed by atoms with E-state index >= 15 is 0 Å². The number of benzene rings is 3. The van der Waals surface area contributed by atoms with Crippen LogP contribution in [0, 0.1) is 0 Å². The van der Waals surface area contributed by atoms with Gasteiger partial charge in [0.15, 0.2) is 0 Å². The smallest absolute Gasteiger partial charge is 0.0341 e. The van der Waals surface area contributed by atoms with Crippen LogP contribution in [-0.4, -0.2) is 0 Å². The molecule has 3 aromatic carbocycles. The standard InChI is InChI=1S/C18H16BrN/c19-17-11-10-16(14-8-4-5-9-15(14)17)18(20)12-13-6-2-1-3-7-13/h1-11,18H,12,20H2. The Kier molecular flexibility index (Phi) is 3.86. The van der Waals surface area contributed by atoms with E-state index in [0.29, 0.717) is 0 Å². The van der Waals surface area contributed by atoms with Gasteiger partial charge in [0.25, 0.3) is 0 Å². The first kappa shape index (κ1) is 13.3. The average Bonchev–Trinajstić information content (AvgIpc) is 2.49. The minimum Gasteiger partial charge on any atom is -0.324 e. The summed E-state index contributed by atoms with van der Waals surface area (Å²) in [5, 5.41) is 2.44. The molecule has 100 valence electrons. The molecule has 3 aromatic rings. The van der Waals surface area contributed by atoms with Crippen molar-refractivity contribution in [1.82, 2.24) is 0 Å². The van der Waals surface area contributed by atoms with Gasteiger partial charge in [0.05, 0.1) is 0 Å². The lowest BCUT2D eigenvalue weighted by molar-refractivity contribution is 0.728. The lowest BCUT2D eigenvalue weighted by Crippen LogP contribution is -2.13. The molecular weight excluding hydrogens is 310 g/mol. The zero-order valence-corrected chi connectivity index (χ0v) is 12.7. The maximum absolute atomic E-state index is 6.43. The van der Waals surface area contributed by atoms with Gasteiger partial charge in [-0.2, -0.15) is 0 Å². The zero-order valence-electron chi connectivity index (χ0n) is 11.1. The molecule has 0 bridgehead atoms. The molecule has 0 saturated carbocycles. The first-order chi connectivity index (χ1) is 9.75. The Morgan fingerprint density at radius 1 is 0.800 bits per heavy atom. The maximum Gasteiger partial charge on any atom is 0.0341 e. The predicted molar refractivity (Wildman–Crippen MR) is 88.7 cm³/mol. The molecule has 0 radical (unpaired) electrons. The monoisotopic (exact) mass is 325 g/mol. The van der Waals surface area contributed by atoms with Crippen molar-refractivity contribution < 1.29 is 0 Å². The van der Waals surface area contributed by atoms with Crippen LogP contribution in [0.25, 0.3) is 10.8 Å². The Balaban J connectivity index is 2.00. The Bertz CT molecular complexity index is 722. The minimum atomic E-state index is 0.00963. The molecule has 0 spiro atoms. The van der Waals surface area contributed by atoms with Crippen LogP contribution in [0.15, 0.2) is 71.2 Å². The molecule has 1 atom stereocenters. The third-order valence-electron chi connectivity index (χ3n) is 3.60. The van der Waals surface area contributed by atoms with Crippen LogP contribution < -0.4 is 5.73 Å². The molecule has 20 heavy (non-hydrogen) atoms. The molecule has 0 amide bonds. The van der Waals surface area contributed by atoms with Crippen LogP contribution in [0.2, 0.25) is 0 Å². The molecule has 2 N–H and O–H groups in total. The molecule has 0 fully saturated rings. The second kappa shape index (κ2) is 5.78. The van der Waals surface area contributed by atoms with E-state index in [1.54, 1.807) is 0 Å². The highest BCUT2D eigenvalue weighted by molar-refractivity contribution is 9.10. The fourth-order valence-electron chi connectivity index (χ4n) is 2.59. The molecule has 0 aliphatic rings. The first-order valence-corrected chi connectivity index (χ1v) is 7.51. The summed E-state index contributed by atoms with van der Waals surface area (Å²) in [6.07, 6.45) is 0.854. The van der Waals surface area contributed by atoms with E-state index in [4.69, 9.17) is 5.73 Å². The van der Waals surface area contributed by atoms with Crippen molar-refractivity contribution in [3.05, 3.63) is 82.3 Å². The summed E-state index contributed by atoms with van der Waals surface area (Å²) in [5.74, 6) is 0. The topological polar surface area (TPSA) is 26.0 Å². The molecule has 0 aliphatic heterocycles. The quantitative estimate of drug-likeness (QED) is 0.732. The minimum absolute atomic E-state index is 0.00963. The molecule has 0 saturated heterocycles. The first-order valence-electron chi connectivity index (χ1n) is 6.72. The fourth-order valence-corrected chi connectivity index (χ4v) is 3.06. The van der Waals surface area contributed by atoms with Crippen molar-refractivity contribution in [3.63, 3.8) is 0 Å². The third kappa shape index (κ3) is 2.62. The van der Waals surface area contributed by atoms with Gasteiger partial charge in [-0.15, -0.1) is 0 Å². The van der Waals surface area contributed by atoms with Gasteiger partial charge in [0.2, 0.25) is 0 Å². The lowest BCUT2D eigenvalue weighted by atomic mass is 9.95. The Labute approximate surface area is 127 Å². The highest BCUT2D eigenvalue weighted by Gasteiger charge is 2.11. The molecule has 2 heteroatoms. The Morgan fingerprint density at radius 2 is 1.45 bits per heavy atom. The van der Waals surface area contributed by atoms with Gasteiger partial charge in [-0.1, -0.05) is 76.6 Å². The summed E-state index contributed by atoms with van der Waals surface area (Å²) in [7, 11) is 0. The van der Waals surface area contributed by atoms with Gasteiger partial charge in [-0.05, 0) is 34.4 Å². The SMILES string of the molecule is NC(Cc1ccccc1)c1ccc(Br)c2ccccc12. The molecular formula is C18H16BrN. The molecule has 0 aromatic heterocycles. The van der Waals surface area contributed by atoms with Crippen LogP contribution >= 0.6 is 15.9 Å². The van der Waals surface area contributed by atoms with Crippen molar-refractivity contribution in [1.29, 1.82) is 0 Å². The number of hydrogen-bond donors (Lipinski definition) is 1. The molecule has 1 unspecified atom stereocenters. The van der Waals surface area contributed by atoms with Gasteiger partial charge in [-0.25, -0.2) is 0 Å². The van der Waals surface area contributed by atoms with E-state index in [1.165, 1.54) is 21.9 Å². The summed E-state index contributed by atoms with van der Waals surface area (Å²) < 4.78 is 1.11. The van der Waals surface area contributed by atoms with Gasteiger partial charge in [0.1, 0.15) is 0 Å². The van der Waals surface area contributed by atoms with E-state index in [0.717, 1.165) is 10.9 Å². The Morgan fingerprint density at radius 3 is 2.20 bits per heavy atom. The molecule has 1 nitrogen and oxygen atoms in total. The summed E-state index contributed by atoms with van der Waals surface area (Å²) >= 11 is 3.61. The van der Waals surface area contributed by atoms with E-state index in [9.17, 15) is 0 Å². The summed E-state index contributed by atoms with van der Waals surface area (Å²) in [6, 6.07) is 23.0. The van der Waals surface area contributed by atoms with Crippen molar-refractivity contribution in [2.75, 3.05) is 0 Å². The number of nitrogens with two attached hydrogens (primary N) is 1. The molecule has 0 aliphatic carbocycles. The third-order valence-corrected chi connectivity index (χ3v) is 4.29. The summed E-state index contributed by atoms with van der Waals surface area (Å²) in [5.41, 5.74) is 8.90. The van der Waals surface area contributed by atoms with E-state index < -0.39 is 0 Å². The largest absolute Gasteiger partial charge is 0.324 e. The van der Waals surface area contributed by atoms with Gasteiger partial charge >= 0.3 is 0 Å². The number of halogens is 1. The molecule has 3 rings (SSSR count). The highest BCUT2D eigenvalue weighted by atomic mass is 79.9. The second-order valence-electron chi connectivity index (χ2n) is 4.98. The number of hydrogen-bond acceptors (Lipinski definition) is 1. The van der Waals surface area contributed by atoms with E-state index in [1.807, 2.05) is 6.07 Å². The van der Waals surface area contributed by atoms with Crippen molar-refractivity contribution >= 4 is 26.7 Å². The summed E-state index contributed by atoms with van der Waals surface area (Å²) in [6.45, 7) is 0. The van der Waals surface area contributed by atoms with Gasteiger partial charge in [0, 0.05) is 10.5 Å². The second-order valence-corrected chi connectivity index (χ2v) is 5.83. The maximum atomic E-state index is 6.43. The van der Waals surface area contributed by atoms with Crippen molar-refractivity contribution in [3.8, 4) is 0 Å². The normalized spacial score (nSPS) is 12.5. The van der Waals surface area contributed by atoms with Crippen LogP contribution in [0.1, 0.15) is 17.2 Å². The number of fused-ring (bicyclic) bond motifs is 1. The van der Waals surface area contributed by atoms with Crippen LogP contribution in [0.3, 0.4) is 0 Å². The zero-order chi connectivity index (χ0) is 13.9. The predicted octanol–water partition coefficient (Wildman–Crippen LogP) is 4.84. The number of rotatable bonds is 3. The van der Waals surface area contributed by atoms with Crippen LogP contribution in [0.4, 0.5) is 0 Å². The van der Waals surface area contributed by atoms with Crippen molar-refractivity contribution in [2.45, 2.75) is 12.5 Å². The summed E-state index contributed by atoms with van der Waals surface area (Å²) in [4.78, 5) is 0. The average molecular weight is 326 g/mol. The fraction of sp³-hybridized carbons (Fsp3) is 0.111.